The van der Waals surface area contributed by atoms with E-state index in [9.17, 15) is 9.59 Å². The monoisotopic (exact) mass is 331 g/mol. The van der Waals surface area contributed by atoms with E-state index in [0.717, 1.165) is 3.57 Å². The summed E-state index contributed by atoms with van der Waals surface area (Å²) in [5.41, 5.74) is 0.610. The summed E-state index contributed by atoms with van der Waals surface area (Å²) in [6, 6.07) is 6.87. The van der Waals surface area contributed by atoms with Crippen LogP contribution in [0.1, 0.15) is 30.6 Å². The van der Waals surface area contributed by atoms with E-state index in [0.29, 0.717) is 12.0 Å². The van der Waals surface area contributed by atoms with Crippen LogP contribution in [0.25, 0.3) is 0 Å². The van der Waals surface area contributed by atoms with Crippen molar-refractivity contribution in [2.45, 2.75) is 26.3 Å². The molecule has 3 nitrogen and oxygen atoms in total. The van der Waals surface area contributed by atoms with Crippen LogP contribution in [-0.2, 0) is 4.79 Å². The van der Waals surface area contributed by atoms with E-state index < -0.39 is 6.04 Å². The van der Waals surface area contributed by atoms with Gasteiger partial charge in [-0.1, -0.05) is 19.1 Å². The molecule has 1 aromatic rings. The van der Waals surface area contributed by atoms with E-state index in [1.807, 2.05) is 18.2 Å². The Kier molecular flexibility index (Phi) is 4.92. The Morgan fingerprint density at radius 2 is 2.00 bits per heavy atom. The zero-order valence-corrected chi connectivity index (χ0v) is 11.4. The summed E-state index contributed by atoms with van der Waals surface area (Å²) in [5.74, 6) is -0.154. The molecule has 0 saturated carbocycles. The predicted octanol–water partition coefficient (Wildman–Crippen LogP) is 2.39. The van der Waals surface area contributed by atoms with Crippen LogP contribution in [-0.4, -0.2) is 17.7 Å². The topological polar surface area (TPSA) is 46.2 Å². The average Bonchev–Trinajstić information content (AvgIpc) is 2.28. The number of nitrogens with one attached hydrogen (secondary N) is 1. The summed E-state index contributed by atoms with van der Waals surface area (Å²) in [7, 11) is 0. The maximum absolute atomic E-state index is 11.8. The summed E-state index contributed by atoms with van der Waals surface area (Å²) in [6.45, 7) is 3.50. The first-order valence-corrected chi connectivity index (χ1v) is 6.22. The van der Waals surface area contributed by atoms with Gasteiger partial charge in [0, 0.05) is 9.99 Å². The van der Waals surface area contributed by atoms with Gasteiger partial charge >= 0.3 is 0 Å². The molecule has 16 heavy (non-hydrogen) atoms. The smallest absolute Gasteiger partial charge is 0.252 e. The maximum atomic E-state index is 11.8. The molecule has 1 amide bonds. The second-order valence-electron chi connectivity index (χ2n) is 3.49. The number of hydrogen-bond acceptors (Lipinski definition) is 2. The number of halogens is 1. The molecule has 0 aliphatic heterocycles. The number of amides is 1. The molecule has 0 aliphatic rings. The van der Waals surface area contributed by atoms with E-state index in [4.69, 9.17) is 0 Å². The third-order valence-corrected chi connectivity index (χ3v) is 3.24. The van der Waals surface area contributed by atoms with Crippen LogP contribution in [0.15, 0.2) is 24.3 Å². The lowest BCUT2D eigenvalue weighted by molar-refractivity contribution is -0.120. The molecule has 1 unspecified atom stereocenters. The van der Waals surface area contributed by atoms with Gasteiger partial charge in [-0.05, 0) is 41.6 Å². The molecule has 0 bridgehead atoms. The molecule has 1 aromatic carbocycles. The second-order valence-corrected chi connectivity index (χ2v) is 4.66. The zero-order chi connectivity index (χ0) is 12.1. The van der Waals surface area contributed by atoms with E-state index in [1.165, 1.54) is 0 Å². The Hall–Kier alpha value is -0.910. The van der Waals surface area contributed by atoms with Crippen LogP contribution in [0.4, 0.5) is 0 Å². The first-order valence-electron chi connectivity index (χ1n) is 5.14. The van der Waals surface area contributed by atoms with Gasteiger partial charge in [0.2, 0.25) is 0 Å². The number of benzene rings is 1. The van der Waals surface area contributed by atoms with Gasteiger partial charge in [-0.15, -0.1) is 0 Å². The highest BCUT2D eigenvalue weighted by atomic mass is 127. The first kappa shape index (κ1) is 13.2. The third kappa shape index (κ3) is 3.30. The molecular formula is C12H14INO2. The summed E-state index contributed by atoms with van der Waals surface area (Å²) in [4.78, 5) is 23.2. The van der Waals surface area contributed by atoms with Gasteiger partial charge < -0.3 is 5.32 Å². The van der Waals surface area contributed by atoms with Crippen molar-refractivity contribution in [3.05, 3.63) is 33.4 Å². The Morgan fingerprint density at radius 1 is 1.38 bits per heavy atom. The minimum Gasteiger partial charge on any atom is -0.342 e. The standard InChI is InChI=1S/C12H14INO2/c1-3-11(15)8(2)14-12(16)9-6-4-5-7-10(9)13/h4-8H,3H2,1-2H3,(H,14,16). The molecule has 0 heterocycles. The minimum absolute atomic E-state index is 0.0410. The molecule has 0 radical (unpaired) electrons. The fraction of sp³-hybridized carbons (Fsp3) is 0.333. The quantitative estimate of drug-likeness (QED) is 0.861. The van der Waals surface area contributed by atoms with E-state index in [1.54, 1.807) is 19.9 Å². The van der Waals surface area contributed by atoms with Crippen molar-refractivity contribution < 1.29 is 9.59 Å². The number of hydrogen-bond donors (Lipinski definition) is 1. The molecule has 1 atom stereocenters. The number of Topliss-reactive ketones (excluding diaryl/α,β-unsaturated/α-hetero) is 1. The maximum Gasteiger partial charge on any atom is 0.252 e. The molecule has 86 valence electrons. The number of ketones is 1. The average molecular weight is 331 g/mol. The normalized spacial score (nSPS) is 11.9. The highest BCUT2D eigenvalue weighted by Gasteiger charge is 2.16. The first-order chi connectivity index (χ1) is 7.56. The lowest BCUT2D eigenvalue weighted by Crippen LogP contribution is -2.38. The fourth-order valence-corrected chi connectivity index (χ4v) is 1.94. The van der Waals surface area contributed by atoms with E-state index in [-0.39, 0.29) is 11.7 Å². The van der Waals surface area contributed by atoms with Gasteiger partial charge in [0.25, 0.3) is 5.91 Å². The van der Waals surface area contributed by atoms with Gasteiger partial charge in [0.1, 0.15) is 0 Å². The van der Waals surface area contributed by atoms with Crippen LogP contribution >= 0.6 is 22.6 Å². The van der Waals surface area contributed by atoms with Gasteiger partial charge in [0.15, 0.2) is 5.78 Å². The van der Waals surface area contributed by atoms with Gasteiger partial charge in [-0.25, -0.2) is 0 Å². The van der Waals surface area contributed by atoms with Gasteiger partial charge in [-0.2, -0.15) is 0 Å². The molecule has 0 saturated heterocycles. The lowest BCUT2D eigenvalue weighted by Gasteiger charge is -2.12. The third-order valence-electron chi connectivity index (χ3n) is 2.30. The summed E-state index contributed by atoms with van der Waals surface area (Å²) < 4.78 is 0.883. The number of rotatable bonds is 4. The Bertz CT molecular complexity index is 404. The van der Waals surface area contributed by atoms with Crippen molar-refractivity contribution in [2.75, 3.05) is 0 Å². The molecule has 1 rings (SSSR count). The van der Waals surface area contributed by atoms with Crippen molar-refractivity contribution >= 4 is 34.3 Å². The van der Waals surface area contributed by atoms with Gasteiger partial charge in [-0.3, -0.25) is 9.59 Å². The minimum atomic E-state index is -0.423. The SMILES string of the molecule is CCC(=O)C(C)NC(=O)c1ccccc1I. The molecule has 0 aromatic heterocycles. The van der Waals surface area contributed by atoms with Crippen molar-refractivity contribution in [3.63, 3.8) is 0 Å². The van der Waals surface area contributed by atoms with Crippen molar-refractivity contribution in [1.82, 2.24) is 5.32 Å². The van der Waals surface area contributed by atoms with Crippen LogP contribution < -0.4 is 5.32 Å². The van der Waals surface area contributed by atoms with E-state index in [2.05, 4.69) is 27.9 Å². The van der Waals surface area contributed by atoms with Gasteiger partial charge in [0.05, 0.1) is 11.6 Å². The molecule has 4 heteroatoms. The van der Waals surface area contributed by atoms with Crippen LogP contribution in [0.2, 0.25) is 0 Å². The Balaban J connectivity index is 2.73. The zero-order valence-electron chi connectivity index (χ0n) is 9.29. The summed E-state index contributed by atoms with van der Waals surface area (Å²) in [6.07, 6.45) is 0.438. The van der Waals surface area contributed by atoms with Crippen LogP contribution in [0.3, 0.4) is 0 Å². The van der Waals surface area contributed by atoms with Crippen molar-refractivity contribution in [3.8, 4) is 0 Å². The molecule has 0 aliphatic carbocycles. The Morgan fingerprint density at radius 3 is 2.56 bits per heavy atom. The van der Waals surface area contributed by atoms with E-state index >= 15 is 0 Å². The molecular weight excluding hydrogens is 317 g/mol. The summed E-state index contributed by atoms with van der Waals surface area (Å²) >= 11 is 2.10. The number of carbonyl (C=O) groups is 2. The fourth-order valence-electron chi connectivity index (χ4n) is 1.31. The molecule has 0 spiro atoms. The highest BCUT2D eigenvalue weighted by molar-refractivity contribution is 14.1. The second kappa shape index (κ2) is 5.98. The largest absolute Gasteiger partial charge is 0.342 e. The number of carbonyl (C=O) groups excluding carboxylic acids is 2. The molecule has 1 N–H and O–H groups in total. The van der Waals surface area contributed by atoms with Crippen LogP contribution in [0.5, 0.6) is 0 Å². The van der Waals surface area contributed by atoms with Crippen LogP contribution in [0, 0.1) is 3.57 Å². The Labute approximate surface area is 109 Å². The van der Waals surface area contributed by atoms with Crippen molar-refractivity contribution in [1.29, 1.82) is 0 Å². The highest BCUT2D eigenvalue weighted by Crippen LogP contribution is 2.11. The predicted molar refractivity (Wildman–Crippen MR) is 71.4 cm³/mol. The van der Waals surface area contributed by atoms with Crippen molar-refractivity contribution in [2.24, 2.45) is 0 Å². The lowest BCUT2D eigenvalue weighted by atomic mass is 10.1. The molecule has 0 fully saturated rings. The summed E-state index contributed by atoms with van der Waals surface area (Å²) in [5, 5.41) is 2.69.